The Balaban J connectivity index is 2.27. The molecule has 1 aliphatic rings. The van der Waals surface area contributed by atoms with Gasteiger partial charge in [-0.05, 0) is 38.5 Å². The molecule has 1 aromatic carbocycles. The standard InChI is InChI=1S/C16H20F3NO2/c1-15(2,3)20-8-12(13(9-20)14(21)22)10-4-6-11(7-5-10)16(17,18)19/h4-7,12-13H,8-9H2,1-3H3,(H,21,22)/t12-,13+/m0/s1. The summed E-state index contributed by atoms with van der Waals surface area (Å²) < 4.78 is 37.9. The second kappa shape index (κ2) is 5.57. The molecule has 0 aromatic heterocycles. The normalized spacial score (nSPS) is 23.7. The van der Waals surface area contributed by atoms with Crippen molar-refractivity contribution in [3.05, 3.63) is 35.4 Å². The summed E-state index contributed by atoms with van der Waals surface area (Å²) in [6, 6.07) is 4.84. The molecule has 0 saturated carbocycles. The molecule has 2 rings (SSSR count). The molecular formula is C16H20F3NO2. The number of alkyl halides is 3. The smallest absolute Gasteiger partial charge is 0.416 e. The number of carbonyl (C=O) groups is 1. The second-order valence-corrected chi connectivity index (χ2v) is 6.75. The quantitative estimate of drug-likeness (QED) is 0.906. The van der Waals surface area contributed by atoms with Crippen molar-refractivity contribution >= 4 is 5.97 Å². The van der Waals surface area contributed by atoms with Crippen molar-refractivity contribution in [2.24, 2.45) is 5.92 Å². The van der Waals surface area contributed by atoms with Crippen molar-refractivity contribution in [3.8, 4) is 0 Å². The van der Waals surface area contributed by atoms with Crippen molar-refractivity contribution in [2.45, 2.75) is 38.4 Å². The summed E-state index contributed by atoms with van der Waals surface area (Å²) in [6.07, 6.45) is -4.38. The first kappa shape index (κ1) is 16.8. The van der Waals surface area contributed by atoms with Crippen LogP contribution in [0.15, 0.2) is 24.3 Å². The van der Waals surface area contributed by atoms with Crippen molar-refractivity contribution < 1.29 is 23.1 Å². The molecule has 0 radical (unpaired) electrons. The lowest BCUT2D eigenvalue weighted by Gasteiger charge is -2.31. The van der Waals surface area contributed by atoms with Crippen LogP contribution in [-0.2, 0) is 11.0 Å². The van der Waals surface area contributed by atoms with Crippen LogP contribution in [0, 0.1) is 5.92 Å². The van der Waals surface area contributed by atoms with Gasteiger partial charge in [-0.2, -0.15) is 13.2 Å². The zero-order valence-corrected chi connectivity index (χ0v) is 12.8. The molecule has 1 N–H and O–H groups in total. The summed E-state index contributed by atoms with van der Waals surface area (Å²) in [5.41, 5.74) is -0.241. The molecule has 22 heavy (non-hydrogen) atoms. The number of benzene rings is 1. The molecule has 0 spiro atoms. The zero-order chi connectivity index (χ0) is 16.7. The number of carboxylic acids is 1. The van der Waals surface area contributed by atoms with Gasteiger partial charge in [-0.25, -0.2) is 0 Å². The number of nitrogens with zero attached hydrogens (tertiary/aromatic N) is 1. The van der Waals surface area contributed by atoms with E-state index in [4.69, 9.17) is 0 Å². The third kappa shape index (κ3) is 3.43. The van der Waals surface area contributed by atoms with E-state index < -0.39 is 23.6 Å². The van der Waals surface area contributed by atoms with Gasteiger partial charge in [0.25, 0.3) is 0 Å². The van der Waals surface area contributed by atoms with E-state index in [-0.39, 0.29) is 11.5 Å². The van der Waals surface area contributed by atoms with E-state index in [0.717, 1.165) is 12.1 Å². The minimum absolute atomic E-state index is 0.172. The maximum atomic E-state index is 12.6. The number of hydrogen-bond donors (Lipinski definition) is 1. The number of aliphatic carboxylic acids is 1. The first-order valence-corrected chi connectivity index (χ1v) is 7.15. The van der Waals surface area contributed by atoms with Gasteiger partial charge in [0.05, 0.1) is 11.5 Å². The first-order chi connectivity index (χ1) is 10.00. The highest BCUT2D eigenvalue weighted by atomic mass is 19.4. The molecule has 1 aliphatic heterocycles. The van der Waals surface area contributed by atoms with Crippen molar-refractivity contribution in [1.82, 2.24) is 4.90 Å². The maximum absolute atomic E-state index is 12.6. The van der Waals surface area contributed by atoms with E-state index in [2.05, 4.69) is 4.90 Å². The predicted molar refractivity (Wildman–Crippen MR) is 76.6 cm³/mol. The summed E-state index contributed by atoms with van der Waals surface area (Å²) in [7, 11) is 0. The molecule has 0 aliphatic carbocycles. The van der Waals surface area contributed by atoms with Gasteiger partial charge in [0, 0.05) is 24.5 Å². The van der Waals surface area contributed by atoms with E-state index in [1.807, 2.05) is 20.8 Å². The number of rotatable bonds is 2. The summed E-state index contributed by atoms with van der Waals surface area (Å²) in [5.74, 6) is -1.80. The first-order valence-electron chi connectivity index (χ1n) is 7.15. The zero-order valence-electron chi connectivity index (χ0n) is 12.8. The van der Waals surface area contributed by atoms with E-state index in [9.17, 15) is 23.1 Å². The van der Waals surface area contributed by atoms with Crippen LogP contribution in [0.4, 0.5) is 13.2 Å². The van der Waals surface area contributed by atoms with Crippen LogP contribution >= 0.6 is 0 Å². The van der Waals surface area contributed by atoms with E-state index >= 15 is 0 Å². The Kier molecular flexibility index (Phi) is 4.26. The number of halogens is 3. The van der Waals surface area contributed by atoms with E-state index in [0.29, 0.717) is 18.7 Å². The molecule has 1 heterocycles. The van der Waals surface area contributed by atoms with Crippen molar-refractivity contribution in [3.63, 3.8) is 0 Å². The topological polar surface area (TPSA) is 40.5 Å². The van der Waals surface area contributed by atoms with Gasteiger partial charge in [-0.15, -0.1) is 0 Å². The van der Waals surface area contributed by atoms with Gasteiger partial charge < -0.3 is 5.11 Å². The van der Waals surface area contributed by atoms with Gasteiger partial charge in [0.1, 0.15) is 0 Å². The lowest BCUT2D eigenvalue weighted by molar-refractivity contribution is -0.142. The Labute approximate surface area is 127 Å². The monoisotopic (exact) mass is 315 g/mol. The van der Waals surface area contributed by atoms with Gasteiger partial charge in [-0.3, -0.25) is 9.69 Å². The predicted octanol–water partition coefficient (Wildman–Crippen LogP) is 3.60. The molecule has 1 aromatic rings. The average Bonchev–Trinajstić information content (AvgIpc) is 2.82. The molecule has 6 heteroatoms. The van der Waals surface area contributed by atoms with Gasteiger partial charge in [-0.1, -0.05) is 12.1 Å². The molecule has 1 fully saturated rings. The Bertz CT molecular complexity index is 546. The summed E-state index contributed by atoms with van der Waals surface area (Å²) in [6.45, 7) is 6.94. The molecular weight excluding hydrogens is 295 g/mol. The van der Waals surface area contributed by atoms with Crippen LogP contribution in [0.2, 0.25) is 0 Å². The largest absolute Gasteiger partial charge is 0.481 e. The molecule has 2 atom stereocenters. The van der Waals surface area contributed by atoms with Crippen LogP contribution in [0.5, 0.6) is 0 Å². The van der Waals surface area contributed by atoms with Crippen LogP contribution in [0.1, 0.15) is 37.8 Å². The van der Waals surface area contributed by atoms with Gasteiger partial charge in [0.15, 0.2) is 0 Å². The maximum Gasteiger partial charge on any atom is 0.416 e. The molecule has 3 nitrogen and oxygen atoms in total. The van der Waals surface area contributed by atoms with Gasteiger partial charge >= 0.3 is 12.1 Å². The Morgan fingerprint density at radius 3 is 2.09 bits per heavy atom. The molecule has 0 unspecified atom stereocenters. The highest BCUT2D eigenvalue weighted by Gasteiger charge is 2.42. The minimum atomic E-state index is -4.38. The van der Waals surface area contributed by atoms with Crippen LogP contribution < -0.4 is 0 Å². The lowest BCUT2D eigenvalue weighted by atomic mass is 9.88. The van der Waals surface area contributed by atoms with Crippen molar-refractivity contribution in [2.75, 3.05) is 13.1 Å². The molecule has 0 amide bonds. The average molecular weight is 315 g/mol. The summed E-state index contributed by atoms with van der Waals surface area (Å²) >= 11 is 0. The Morgan fingerprint density at radius 2 is 1.68 bits per heavy atom. The highest BCUT2D eigenvalue weighted by molar-refractivity contribution is 5.72. The fourth-order valence-corrected chi connectivity index (χ4v) is 2.86. The van der Waals surface area contributed by atoms with E-state index in [1.165, 1.54) is 12.1 Å². The fraction of sp³-hybridized carbons (Fsp3) is 0.562. The Morgan fingerprint density at radius 1 is 1.14 bits per heavy atom. The molecule has 1 saturated heterocycles. The van der Waals surface area contributed by atoms with Gasteiger partial charge in [0.2, 0.25) is 0 Å². The highest BCUT2D eigenvalue weighted by Crippen LogP contribution is 2.37. The lowest BCUT2D eigenvalue weighted by Crippen LogP contribution is -2.40. The van der Waals surface area contributed by atoms with Crippen LogP contribution in [-0.4, -0.2) is 34.6 Å². The number of likely N-dealkylation sites (tertiary alicyclic amines) is 1. The summed E-state index contributed by atoms with van der Waals surface area (Å²) in [5, 5.41) is 9.41. The molecule has 122 valence electrons. The Hall–Kier alpha value is -1.56. The SMILES string of the molecule is CC(C)(C)N1C[C@@H](C(=O)O)[C@H](c2ccc(C(F)(F)F)cc2)C1. The second-order valence-electron chi connectivity index (χ2n) is 6.75. The molecule has 0 bridgehead atoms. The summed E-state index contributed by atoms with van der Waals surface area (Å²) in [4.78, 5) is 13.5. The third-order valence-corrected chi connectivity index (χ3v) is 4.25. The van der Waals surface area contributed by atoms with Crippen LogP contribution in [0.25, 0.3) is 0 Å². The number of hydrogen-bond acceptors (Lipinski definition) is 2. The third-order valence-electron chi connectivity index (χ3n) is 4.25. The van der Waals surface area contributed by atoms with E-state index in [1.54, 1.807) is 0 Å². The van der Waals surface area contributed by atoms with Crippen molar-refractivity contribution in [1.29, 1.82) is 0 Å². The minimum Gasteiger partial charge on any atom is -0.481 e. The van der Waals surface area contributed by atoms with Crippen LogP contribution in [0.3, 0.4) is 0 Å². The number of carboxylic acid groups (broad SMARTS) is 1. The fourth-order valence-electron chi connectivity index (χ4n) is 2.86.